The Labute approximate surface area is 135 Å². The molecule has 4 nitrogen and oxygen atoms in total. The number of sulfonamides is 1. The molecule has 22 heavy (non-hydrogen) atoms. The van der Waals surface area contributed by atoms with E-state index in [1.54, 1.807) is 0 Å². The molecule has 0 atom stereocenters. The highest BCUT2D eigenvalue weighted by atomic mass is 32.2. The molecule has 0 aliphatic heterocycles. The summed E-state index contributed by atoms with van der Waals surface area (Å²) in [6, 6.07) is 3.79. The van der Waals surface area contributed by atoms with E-state index < -0.39 is 10.0 Å². The van der Waals surface area contributed by atoms with Crippen LogP contribution in [0.1, 0.15) is 40.1 Å². The number of thiazole rings is 1. The molecule has 6 heteroatoms. The summed E-state index contributed by atoms with van der Waals surface area (Å²) in [5.41, 5.74) is 3.67. The lowest BCUT2D eigenvalue weighted by Crippen LogP contribution is -2.15. The predicted octanol–water partition coefficient (Wildman–Crippen LogP) is 3.75. The van der Waals surface area contributed by atoms with Crippen LogP contribution in [0.25, 0.3) is 0 Å². The summed E-state index contributed by atoms with van der Waals surface area (Å²) in [7, 11) is -3.59. The van der Waals surface area contributed by atoms with Gasteiger partial charge in [0.05, 0.1) is 10.6 Å². The fourth-order valence-electron chi connectivity index (χ4n) is 3.15. The highest BCUT2D eigenvalue weighted by Crippen LogP contribution is 2.31. The Balaban J connectivity index is 1.96. The maximum Gasteiger partial charge on any atom is 0.264 e. The van der Waals surface area contributed by atoms with Gasteiger partial charge >= 0.3 is 0 Å². The molecule has 1 aliphatic rings. The summed E-state index contributed by atoms with van der Waals surface area (Å²) in [6.07, 6.45) is 4.27. The van der Waals surface area contributed by atoms with Crippen molar-refractivity contribution in [3.05, 3.63) is 39.4 Å². The lowest BCUT2D eigenvalue weighted by Gasteiger charge is -2.12. The van der Waals surface area contributed by atoms with Crippen molar-refractivity contribution < 1.29 is 8.42 Å². The molecule has 0 bridgehead atoms. The number of aromatic nitrogens is 1. The molecule has 1 aromatic carbocycles. The normalized spacial score (nSPS) is 14.7. The first kappa shape index (κ1) is 15.5. The molecule has 1 aliphatic carbocycles. The van der Waals surface area contributed by atoms with E-state index in [0.717, 1.165) is 48.1 Å². The fraction of sp³-hybridized carbons (Fsp3) is 0.438. The smallest absolute Gasteiger partial charge is 0.255 e. The standard InChI is InChI=1S/C16H20N2O2S2/c1-10-8-11(2)15(12(3)9-10)22(19,20)18-16-17-13-6-4-5-7-14(13)21-16/h8-9H,4-7H2,1-3H3,(H,17,18). The monoisotopic (exact) mass is 336 g/mol. The van der Waals surface area contributed by atoms with E-state index in [0.29, 0.717) is 10.0 Å². The molecule has 0 fully saturated rings. The largest absolute Gasteiger partial charge is 0.264 e. The van der Waals surface area contributed by atoms with Gasteiger partial charge in [0.1, 0.15) is 0 Å². The van der Waals surface area contributed by atoms with Crippen LogP contribution in [-0.2, 0) is 22.9 Å². The molecule has 118 valence electrons. The van der Waals surface area contributed by atoms with Gasteiger partial charge in [-0.05, 0) is 57.6 Å². The molecule has 1 N–H and O–H groups in total. The van der Waals surface area contributed by atoms with Gasteiger partial charge in [0.25, 0.3) is 10.0 Å². The maximum atomic E-state index is 12.7. The SMILES string of the molecule is Cc1cc(C)c(S(=O)(=O)Nc2nc3c(s2)CCCC3)c(C)c1. The van der Waals surface area contributed by atoms with E-state index in [1.165, 1.54) is 16.2 Å². The number of fused-ring (bicyclic) bond motifs is 1. The van der Waals surface area contributed by atoms with Crippen LogP contribution in [0.15, 0.2) is 17.0 Å². The van der Waals surface area contributed by atoms with Crippen molar-refractivity contribution in [1.29, 1.82) is 0 Å². The zero-order chi connectivity index (χ0) is 15.9. The van der Waals surface area contributed by atoms with Crippen LogP contribution in [0.4, 0.5) is 5.13 Å². The summed E-state index contributed by atoms with van der Waals surface area (Å²) >= 11 is 1.47. The number of anilines is 1. The Morgan fingerprint density at radius 2 is 1.73 bits per heavy atom. The lowest BCUT2D eigenvalue weighted by molar-refractivity contribution is 0.600. The van der Waals surface area contributed by atoms with Gasteiger partial charge in [0.2, 0.25) is 0 Å². The van der Waals surface area contributed by atoms with Gasteiger partial charge < -0.3 is 0 Å². The number of hydrogen-bond acceptors (Lipinski definition) is 4. The maximum absolute atomic E-state index is 12.7. The second kappa shape index (κ2) is 5.66. The van der Waals surface area contributed by atoms with Gasteiger partial charge in [-0.2, -0.15) is 0 Å². The molecule has 1 heterocycles. The van der Waals surface area contributed by atoms with Crippen molar-refractivity contribution >= 4 is 26.5 Å². The highest BCUT2D eigenvalue weighted by Gasteiger charge is 2.23. The van der Waals surface area contributed by atoms with E-state index in [9.17, 15) is 8.42 Å². The van der Waals surface area contributed by atoms with Gasteiger partial charge in [0, 0.05) is 4.88 Å². The van der Waals surface area contributed by atoms with Crippen molar-refractivity contribution in [2.45, 2.75) is 51.3 Å². The van der Waals surface area contributed by atoms with Crippen LogP contribution < -0.4 is 4.72 Å². The molecule has 2 aromatic rings. The van der Waals surface area contributed by atoms with E-state index in [1.807, 2.05) is 32.9 Å². The molecular formula is C16H20N2O2S2. The summed E-state index contributed by atoms with van der Waals surface area (Å²) in [5, 5.41) is 0.492. The van der Waals surface area contributed by atoms with Gasteiger partial charge in [-0.1, -0.05) is 17.7 Å². The average molecular weight is 336 g/mol. The Kier molecular flexibility index (Phi) is 3.99. The fourth-order valence-corrected chi connectivity index (χ4v) is 5.89. The molecule has 0 unspecified atom stereocenters. The minimum Gasteiger partial charge on any atom is -0.255 e. The third-order valence-corrected chi connectivity index (χ3v) is 6.79. The molecule has 0 amide bonds. The second-order valence-electron chi connectivity index (χ2n) is 5.93. The highest BCUT2D eigenvalue weighted by molar-refractivity contribution is 7.93. The second-order valence-corrected chi connectivity index (χ2v) is 8.63. The van der Waals surface area contributed by atoms with Crippen molar-refractivity contribution in [3.63, 3.8) is 0 Å². The number of rotatable bonds is 3. The quantitative estimate of drug-likeness (QED) is 0.928. The molecule has 0 saturated carbocycles. The van der Waals surface area contributed by atoms with E-state index in [4.69, 9.17) is 0 Å². The Hall–Kier alpha value is -1.40. The molecule has 0 spiro atoms. The van der Waals surface area contributed by atoms with Crippen LogP contribution in [0.5, 0.6) is 0 Å². The summed E-state index contributed by atoms with van der Waals surface area (Å²) < 4.78 is 28.1. The van der Waals surface area contributed by atoms with Gasteiger partial charge in [-0.25, -0.2) is 13.4 Å². The number of benzene rings is 1. The first-order chi connectivity index (χ1) is 10.4. The molecule has 3 rings (SSSR count). The zero-order valence-electron chi connectivity index (χ0n) is 13.1. The zero-order valence-corrected chi connectivity index (χ0v) is 14.7. The molecule has 0 saturated heterocycles. The van der Waals surface area contributed by atoms with E-state index in [-0.39, 0.29) is 0 Å². The lowest BCUT2D eigenvalue weighted by atomic mass is 10.0. The first-order valence-corrected chi connectivity index (χ1v) is 9.76. The van der Waals surface area contributed by atoms with Crippen LogP contribution in [0.3, 0.4) is 0 Å². The summed E-state index contributed by atoms with van der Waals surface area (Å²) in [5.74, 6) is 0. The minimum atomic E-state index is -3.59. The Bertz CT molecular complexity index is 776. The number of nitrogens with one attached hydrogen (secondary N) is 1. The van der Waals surface area contributed by atoms with Crippen molar-refractivity contribution in [1.82, 2.24) is 4.98 Å². The molecule has 0 radical (unpaired) electrons. The van der Waals surface area contributed by atoms with Gasteiger partial charge in [-0.3, -0.25) is 4.72 Å². The van der Waals surface area contributed by atoms with Crippen LogP contribution >= 0.6 is 11.3 Å². The van der Waals surface area contributed by atoms with Crippen LogP contribution in [0.2, 0.25) is 0 Å². The number of nitrogens with zero attached hydrogens (tertiary/aromatic N) is 1. The van der Waals surface area contributed by atoms with Crippen molar-refractivity contribution in [2.24, 2.45) is 0 Å². The molecular weight excluding hydrogens is 316 g/mol. The molecule has 1 aromatic heterocycles. The van der Waals surface area contributed by atoms with Crippen molar-refractivity contribution in [2.75, 3.05) is 4.72 Å². The van der Waals surface area contributed by atoms with Crippen LogP contribution in [0, 0.1) is 20.8 Å². The Morgan fingerprint density at radius 3 is 2.36 bits per heavy atom. The topological polar surface area (TPSA) is 59.1 Å². The number of hydrogen-bond donors (Lipinski definition) is 1. The van der Waals surface area contributed by atoms with Crippen LogP contribution in [-0.4, -0.2) is 13.4 Å². The Morgan fingerprint density at radius 1 is 1.09 bits per heavy atom. The summed E-state index contributed by atoms with van der Waals surface area (Å²) in [6.45, 7) is 5.64. The predicted molar refractivity (Wildman–Crippen MR) is 90.2 cm³/mol. The first-order valence-electron chi connectivity index (χ1n) is 7.46. The third-order valence-electron chi connectivity index (χ3n) is 3.94. The van der Waals surface area contributed by atoms with E-state index in [2.05, 4.69) is 9.71 Å². The third kappa shape index (κ3) is 2.90. The number of aryl methyl sites for hydroxylation is 5. The van der Waals surface area contributed by atoms with E-state index >= 15 is 0 Å². The average Bonchev–Trinajstić information content (AvgIpc) is 2.77. The van der Waals surface area contributed by atoms with Gasteiger partial charge in [-0.15, -0.1) is 11.3 Å². The minimum absolute atomic E-state index is 0.367. The van der Waals surface area contributed by atoms with Gasteiger partial charge in [0.15, 0.2) is 5.13 Å². The summed E-state index contributed by atoms with van der Waals surface area (Å²) in [4.78, 5) is 6.06. The van der Waals surface area contributed by atoms with Crippen molar-refractivity contribution in [3.8, 4) is 0 Å².